The number of allylic oxidation sites excluding steroid dienone is 2. The van der Waals surface area contributed by atoms with Gasteiger partial charge in [0.15, 0.2) is 5.82 Å². The monoisotopic (exact) mass is 265 g/mol. The van der Waals surface area contributed by atoms with E-state index in [9.17, 15) is 9.59 Å². The van der Waals surface area contributed by atoms with Crippen LogP contribution in [0.5, 0.6) is 0 Å². The van der Waals surface area contributed by atoms with Crippen LogP contribution >= 0.6 is 0 Å². The first-order valence-corrected chi connectivity index (χ1v) is 6.72. The van der Waals surface area contributed by atoms with Crippen LogP contribution in [0.1, 0.15) is 37.9 Å². The fraction of sp³-hybridized carbons (Fsp3) is 0.615. The van der Waals surface area contributed by atoms with E-state index in [1.165, 1.54) is 0 Å². The lowest BCUT2D eigenvalue weighted by atomic mass is 10.1. The Morgan fingerprint density at radius 3 is 3.11 bits per heavy atom. The molecule has 1 aliphatic carbocycles. The van der Waals surface area contributed by atoms with E-state index in [0.717, 1.165) is 25.7 Å². The summed E-state index contributed by atoms with van der Waals surface area (Å²) < 4.78 is 4.40. The third-order valence-corrected chi connectivity index (χ3v) is 3.21. The molecule has 0 bridgehead atoms. The van der Waals surface area contributed by atoms with Gasteiger partial charge in [-0.3, -0.25) is 14.3 Å². The van der Waals surface area contributed by atoms with Gasteiger partial charge in [-0.15, -0.1) is 0 Å². The summed E-state index contributed by atoms with van der Waals surface area (Å²) >= 11 is 0. The minimum atomic E-state index is -0.520. The van der Waals surface area contributed by atoms with Crippen molar-refractivity contribution in [3.05, 3.63) is 28.5 Å². The van der Waals surface area contributed by atoms with E-state index >= 15 is 0 Å². The van der Waals surface area contributed by atoms with E-state index in [-0.39, 0.29) is 5.91 Å². The maximum atomic E-state index is 11.6. The molecular weight excluding hydrogens is 246 g/mol. The molecule has 1 aromatic rings. The van der Waals surface area contributed by atoms with E-state index in [0.29, 0.717) is 31.1 Å². The average Bonchev–Trinajstić information content (AvgIpc) is 3.01. The van der Waals surface area contributed by atoms with E-state index in [2.05, 4.69) is 32.1 Å². The van der Waals surface area contributed by atoms with Crippen molar-refractivity contribution in [3.8, 4) is 0 Å². The standard InChI is InChI=1S/C13H19N3O3/c17-12(9-10-5-1-2-6-10)14-8-4-3-7-11-15-13(18)19-16-11/h1,5,10H,2-4,6-9H2,(H,14,17)(H,15,16,18). The summed E-state index contributed by atoms with van der Waals surface area (Å²) in [4.78, 5) is 24.8. The number of aromatic amines is 1. The largest absolute Gasteiger partial charge is 0.438 e. The van der Waals surface area contributed by atoms with E-state index in [1.807, 2.05) is 0 Å². The Hall–Kier alpha value is -1.85. The van der Waals surface area contributed by atoms with Crippen molar-refractivity contribution in [2.75, 3.05) is 6.54 Å². The molecule has 1 aromatic heterocycles. The highest BCUT2D eigenvalue weighted by atomic mass is 16.5. The highest BCUT2D eigenvalue weighted by Gasteiger charge is 2.13. The normalized spacial score (nSPS) is 17.8. The molecule has 2 N–H and O–H groups in total. The molecule has 104 valence electrons. The molecule has 0 aromatic carbocycles. The summed E-state index contributed by atoms with van der Waals surface area (Å²) in [7, 11) is 0. The number of carbonyl (C=O) groups is 1. The van der Waals surface area contributed by atoms with Crippen LogP contribution in [0.3, 0.4) is 0 Å². The Morgan fingerprint density at radius 2 is 2.42 bits per heavy atom. The molecule has 2 rings (SSSR count). The van der Waals surface area contributed by atoms with Gasteiger partial charge in [0.05, 0.1) is 0 Å². The number of hydrogen-bond donors (Lipinski definition) is 2. The molecule has 1 amide bonds. The van der Waals surface area contributed by atoms with Gasteiger partial charge in [0, 0.05) is 19.4 Å². The molecule has 1 heterocycles. The zero-order valence-corrected chi connectivity index (χ0v) is 10.9. The molecule has 0 saturated heterocycles. The van der Waals surface area contributed by atoms with Crippen LogP contribution in [-0.2, 0) is 11.2 Å². The second kappa shape index (κ2) is 6.92. The molecule has 19 heavy (non-hydrogen) atoms. The van der Waals surface area contributed by atoms with Crippen molar-refractivity contribution in [2.45, 2.75) is 38.5 Å². The lowest BCUT2D eigenvalue weighted by Gasteiger charge is -2.08. The molecule has 6 heteroatoms. The maximum Gasteiger partial charge on any atom is 0.438 e. The zero-order valence-electron chi connectivity index (χ0n) is 10.9. The summed E-state index contributed by atoms with van der Waals surface area (Å²) in [5.74, 6) is 0.576. The van der Waals surface area contributed by atoms with Crippen LogP contribution in [0.4, 0.5) is 0 Å². The lowest BCUT2D eigenvalue weighted by Crippen LogP contribution is -2.25. The van der Waals surface area contributed by atoms with Crippen molar-refractivity contribution in [3.63, 3.8) is 0 Å². The van der Waals surface area contributed by atoms with Crippen molar-refractivity contribution in [2.24, 2.45) is 5.92 Å². The third-order valence-electron chi connectivity index (χ3n) is 3.21. The van der Waals surface area contributed by atoms with Crippen LogP contribution in [0.2, 0.25) is 0 Å². The van der Waals surface area contributed by atoms with Gasteiger partial charge in [-0.1, -0.05) is 17.3 Å². The Bertz CT molecular complexity index is 489. The van der Waals surface area contributed by atoms with Crippen LogP contribution in [0.15, 0.2) is 21.5 Å². The Morgan fingerprint density at radius 1 is 1.53 bits per heavy atom. The average molecular weight is 265 g/mol. The first-order chi connectivity index (χ1) is 9.24. The molecule has 0 spiro atoms. The van der Waals surface area contributed by atoms with Gasteiger partial charge < -0.3 is 5.32 Å². The number of aromatic nitrogens is 2. The van der Waals surface area contributed by atoms with Gasteiger partial charge in [0.2, 0.25) is 5.91 Å². The van der Waals surface area contributed by atoms with Crippen LogP contribution in [-0.4, -0.2) is 22.6 Å². The van der Waals surface area contributed by atoms with Gasteiger partial charge >= 0.3 is 5.76 Å². The topological polar surface area (TPSA) is 88.0 Å². The van der Waals surface area contributed by atoms with Crippen molar-refractivity contribution >= 4 is 5.91 Å². The minimum Gasteiger partial charge on any atom is -0.356 e. The predicted octanol–water partition coefficient (Wildman–Crippen LogP) is 1.16. The number of carbonyl (C=O) groups excluding carboxylic acids is 1. The fourth-order valence-corrected chi connectivity index (χ4v) is 2.19. The molecule has 1 unspecified atom stereocenters. The zero-order chi connectivity index (χ0) is 13.5. The second-order valence-corrected chi connectivity index (χ2v) is 4.82. The van der Waals surface area contributed by atoms with Gasteiger partial charge in [-0.25, -0.2) is 4.79 Å². The minimum absolute atomic E-state index is 0.117. The number of rotatable bonds is 7. The van der Waals surface area contributed by atoms with Gasteiger partial charge in [-0.2, -0.15) is 0 Å². The summed E-state index contributed by atoms with van der Waals surface area (Å²) in [6.07, 6.45) is 9.41. The summed E-state index contributed by atoms with van der Waals surface area (Å²) in [6, 6.07) is 0. The summed E-state index contributed by atoms with van der Waals surface area (Å²) in [5.41, 5.74) is 0. The number of aryl methyl sites for hydroxylation is 1. The van der Waals surface area contributed by atoms with E-state index in [4.69, 9.17) is 0 Å². The molecule has 1 aliphatic rings. The number of hydrogen-bond acceptors (Lipinski definition) is 4. The first kappa shape index (κ1) is 13.6. The molecule has 0 fully saturated rings. The van der Waals surface area contributed by atoms with Crippen LogP contribution in [0, 0.1) is 5.92 Å². The third kappa shape index (κ3) is 4.73. The Balaban J connectivity index is 1.52. The first-order valence-electron chi connectivity index (χ1n) is 6.72. The van der Waals surface area contributed by atoms with Gasteiger partial charge in [0.1, 0.15) is 0 Å². The van der Waals surface area contributed by atoms with Crippen molar-refractivity contribution in [1.82, 2.24) is 15.5 Å². The molecule has 0 radical (unpaired) electrons. The predicted molar refractivity (Wildman–Crippen MR) is 69.6 cm³/mol. The summed E-state index contributed by atoms with van der Waals surface area (Å²) in [5, 5.41) is 6.49. The fourth-order valence-electron chi connectivity index (χ4n) is 2.19. The maximum absolute atomic E-state index is 11.6. The number of nitrogens with zero attached hydrogens (tertiary/aromatic N) is 1. The molecular formula is C13H19N3O3. The Kier molecular flexibility index (Phi) is 4.94. The number of amides is 1. The Labute approximate surface area is 111 Å². The summed E-state index contributed by atoms with van der Waals surface area (Å²) in [6.45, 7) is 0.664. The van der Waals surface area contributed by atoms with Crippen LogP contribution in [0.25, 0.3) is 0 Å². The van der Waals surface area contributed by atoms with E-state index < -0.39 is 5.76 Å². The smallest absolute Gasteiger partial charge is 0.356 e. The van der Waals surface area contributed by atoms with Gasteiger partial charge in [-0.05, 0) is 31.6 Å². The van der Waals surface area contributed by atoms with Gasteiger partial charge in [0.25, 0.3) is 0 Å². The highest BCUT2D eigenvalue weighted by Crippen LogP contribution is 2.19. The molecule has 1 atom stereocenters. The molecule has 0 aliphatic heterocycles. The number of unbranched alkanes of at least 4 members (excludes halogenated alkanes) is 1. The number of nitrogens with one attached hydrogen (secondary N) is 2. The number of H-pyrrole nitrogens is 1. The van der Waals surface area contributed by atoms with Crippen molar-refractivity contribution < 1.29 is 9.32 Å². The van der Waals surface area contributed by atoms with Crippen molar-refractivity contribution in [1.29, 1.82) is 0 Å². The SMILES string of the molecule is O=C(CC1C=CCC1)NCCCCc1noc(=O)[nH]1. The molecule has 0 saturated carbocycles. The van der Waals surface area contributed by atoms with E-state index in [1.54, 1.807) is 0 Å². The highest BCUT2D eigenvalue weighted by molar-refractivity contribution is 5.76. The quantitative estimate of drug-likeness (QED) is 0.572. The van der Waals surface area contributed by atoms with Crippen LogP contribution < -0.4 is 11.1 Å². The second-order valence-electron chi connectivity index (χ2n) is 4.82. The molecule has 6 nitrogen and oxygen atoms in total. The lowest BCUT2D eigenvalue weighted by molar-refractivity contribution is -0.121.